The summed E-state index contributed by atoms with van der Waals surface area (Å²) in [7, 11) is 0. The first-order chi connectivity index (χ1) is 12.7. The van der Waals surface area contributed by atoms with Crippen LogP contribution in [0.2, 0.25) is 0 Å². The number of hydrogen-bond donors (Lipinski definition) is 2. The van der Waals surface area contributed by atoms with Gasteiger partial charge in [-0.3, -0.25) is 4.79 Å². The van der Waals surface area contributed by atoms with Crippen LogP contribution in [-0.2, 0) is 20.8 Å². The van der Waals surface area contributed by atoms with Gasteiger partial charge in [-0.25, -0.2) is 4.79 Å². The number of nitrogens with one attached hydrogen (secondary N) is 1. The van der Waals surface area contributed by atoms with E-state index in [1.54, 1.807) is 0 Å². The average molecular weight is 377 g/mol. The number of oxime groups is 1. The van der Waals surface area contributed by atoms with Gasteiger partial charge in [-0.2, -0.15) is 0 Å². The molecule has 0 atom stereocenters. The molecule has 1 aromatic rings. The predicted octanol–water partition coefficient (Wildman–Crippen LogP) is 3.44. The summed E-state index contributed by atoms with van der Waals surface area (Å²) in [4.78, 5) is 25.3. The second-order valence-corrected chi connectivity index (χ2v) is 7.57. The smallest absolute Gasteiger partial charge is 0.407 e. The molecule has 1 aliphatic carbocycles. The maximum Gasteiger partial charge on any atom is 0.407 e. The molecule has 0 spiro atoms. The monoisotopic (exact) mass is 377 g/mol. The van der Waals surface area contributed by atoms with Crippen molar-refractivity contribution in [2.45, 2.75) is 71.4 Å². The summed E-state index contributed by atoms with van der Waals surface area (Å²) < 4.78 is 5.15. The first-order valence-corrected chi connectivity index (χ1v) is 9.16. The van der Waals surface area contributed by atoms with Gasteiger partial charge < -0.3 is 20.6 Å². The van der Waals surface area contributed by atoms with E-state index >= 15 is 0 Å². The van der Waals surface area contributed by atoms with Gasteiger partial charge in [0.25, 0.3) is 0 Å². The third-order valence-electron chi connectivity index (χ3n) is 3.79. The molecule has 0 aliphatic heterocycles. The third kappa shape index (κ3) is 10.9. The maximum absolute atomic E-state index is 11.3. The third-order valence-corrected chi connectivity index (χ3v) is 3.79. The van der Waals surface area contributed by atoms with E-state index in [-0.39, 0.29) is 24.0 Å². The Labute approximate surface area is 161 Å². The highest BCUT2D eigenvalue weighted by Crippen LogP contribution is 2.18. The number of amidine groups is 1. The summed E-state index contributed by atoms with van der Waals surface area (Å²) in [6.07, 6.45) is 4.84. The number of ether oxygens (including phenoxy) is 1. The highest BCUT2D eigenvalue weighted by atomic mass is 16.7. The molecule has 0 saturated heterocycles. The van der Waals surface area contributed by atoms with Crippen molar-refractivity contribution in [2.75, 3.05) is 0 Å². The Morgan fingerprint density at radius 3 is 2.37 bits per heavy atom. The Kier molecular flexibility index (Phi) is 9.33. The molecule has 1 fully saturated rings. The van der Waals surface area contributed by atoms with Crippen LogP contribution in [-0.4, -0.2) is 30.0 Å². The van der Waals surface area contributed by atoms with Gasteiger partial charge in [-0.05, 0) is 46.1 Å². The lowest BCUT2D eigenvalue weighted by molar-refractivity contribution is -0.128. The summed E-state index contributed by atoms with van der Waals surface area (Å²) in [6.45, 7) is 7.88. The summed E-state index contributed by atoms with van der Waals surface area (Å²) >= 11 is 0. The fourth-order valence-corrected chi connectivity index (χ4v) is 2.58. The Bertz CT molecular complexity index is 615. The Morgan fingerprint density at radius 1 is 1.26 bits per heavy atom. The second kappa shape index (κ2) is 11.2. The number of alkyl carbamates (subject to hydrolysis) is 1. The fraction of sp³-hybridized carbons (Fsp3) is 0.550. The van der Waals surface area contributed by atoms with Crippen LogP contribution in [0.25, 0.3) is 0 Å². The standard InChI is InChI=1S/C10H12N2O2.C10H19NO2/c1-8-2-4-9(5-3-8)6-10(11)12-14-7-13;1-10(2,3)13-9(12)11-8-6-4-5-7-8/h2-5,7H,6H2,1H3,(H2,11,12);8H,4-7H2,1-3H3,(H,11,12). The minimum atomic E-state index is -0.386. The molecule has 1 aliphatic rings. The summed E-state index contributed by atoms with van der Waals surface area (Å²) in [5, 5.41) is 6.26. The van der Waals surface area contributed by atoms with Gasteiger partial charge in [0.2, 0.25) is 0 Å². The predicted molar refractivity (Wildman–Crippen MR) is 105 cm³/mol. The van der Waals surface area contributed by atoms with Crippen LogP contribution < -0.4 is 11.1 Å². The van der Waals surface area contributed by atoms with Crippen LogP contribution in [0.5, 0.6) is 0 Å². The van der Waals surface area contributed by atoms with Crippen LogP contribution >= 0.6 is 0 Å². The van der Waals surface area contributed by atoms with Crippen molar-refractivity contribution in [3.8, 4) is 0 Å². The molecular weight excluding hydrogens is 346 g/mol. The summed E-state index contributed by atoms with van der Waals surface area (Å²) in [5.74, 6) is 0.279. The second-order valence-electron chi connectivity index (χ2n) is 7.57. The molecule has 0 heterocycles. The summed E-state index contributed by atoms with van der Waals surface area (Å²) in [5.41, 5.74) is 7.33. The molecule has 0 bridgehead atoms. The fourth-order valence-electron chi connectivity index (χ4n) is 2.58. The maximum atomic E-state index is 11.3. The normalized spacial score (nSPS) is 14.7. The highest BCUT2D eigenvalue weighted by Gasteiger charge is 2.21. The number of hydrogen-bond acceptors (Lipinski definition) is 5. The molecule has 1 aromatic carbocycles. The first kappa shape index (κ1) is 22.5. The Morgan fingerprint density at radius 2 is 1.85 bits per heavy atom. The lowest BCUT2D eigenvalue weighted by Crippen LogP contribution is -2.37. The first-order valence-electron chi connectivity index (χ1n) is 9.16. The zero-order valence-electron chi connectivity index (χ0n) is 16.7. The van der Waals surface area contributed by atoms with E-state index in [1.165, 1.54) is 18.4 Å². The van der Waals surface area contributed by atoms with E-state index in [9.17, 15) is 9.59 Å². The number of carbonyl (C=O) groups is 2. The number of nitrogens with zero attached hydrogens (tertiary/aromatic N) is 1. The van der Waals surface area contributed by atoms with Gasteiger partial charge in [0.15, 0.2) is 0 Å². The molecule has 2 rings (SSSR count). The number of benzene rings is 1. The van der Waals surface area contributed by atoms with E-state index in [2.05, 4.69) is 15.3 Å². The van der Waals surface area contributed by atoms with Crippen molar-refractivity contribution >= 4 is 18.4 Å². The van der Waals surface area contributed by atoms with Gasteiger partial charge in [-0.1, -0.05) is 47.8 Å². The largest absolute Gasteiger partial charge is 0.444 e. The number of amides is 1. The average Bonchev–Trinajstić information content (AvgIpc) is 3.07. The van der Waals surface area contributed by atoms with Crippen molar-refractivity contribution in [2.24, 2.45) is 10.9 Å². The van der Waals surface area contributed by atoms with Crippen LogP contribution in [0, 0.1) is 6.92 Å². The van der Waals surface area contributed by atoms with E-state index in [0.717, 1.165) is 18.4 Å². The molecule has 3 N–H and O–H groups in total. The molecule has 0 radical (unpaired) electrons. The summed E-state index contributed by atoms with van der Waals surface area (Å²) in [6, 6.07) is 8.23. The van der Waals surface area contributed by atoms with Crippen LogP contribution in [0.4, 0.5) is 4.79 Å². The number of rotatable bonds is 5. The Hall–Kier alpha value is -2.57. The number of carbonyl (C=O) groups excluding carboxylic acids is 2. The quantitative estimate of drug-likeness (QED) is 0.269. The SMILES string of the molecule is CC(C)(C)OC(=O)NC1CCCC1.Cc1ccc(C/C(N)=N/OC=O)cc1. The van der Waals surface area contributed by atoms with E-state index in [0.29, 0.717) is 12.5 Å². The van der Waals surface area contributed by atoms with Crippen LogP contribution in [0.3, 0.4) is 0 Å². The minimum absolute atomic E-state index is 0.238. The molecule has 1 amide bonds. The number of aryl methyl sites for hydroxylation is 1. The molecule has 0 unspecified atom stereocenters. The molecular formula is C20H31N3O4. The lowest BCUT2D eigenvalue weighted by atomic mass is 10.1. The van der Waals surface area contributed by atoms with Crippen LogP contribution in [0.15, 0.2) is 29.4 Å². The molecule has 7 heteroatoms. The van der Waals surface area contributed by atoms with Gasteiger partial charge in [0.05, 0.1) is 0 Å². The minimum Gasteiger partial charge on any atom is -0.444 e. The Balaban J connectivity index is 0.000000271. The van der Waals surface area contributed by atoms with Gasteiger partial charge >= 0.3 is 12.6 Å². The van der Waals surface area contributed by atoms with Crippen molar-refractivity contribution in [3.05, 3.63) is 35.4 Å². The topological polar surface area (TPSA) is 103 Å². The van der Waals surface area contributed by atoms with Crippen molar-refractivity contribution in [1.29, 1.82) is 0 Å². The van der Waals surface area contributed by atoms with E-state index < -0.39 is 0 Å². The zero-order chi connectivity index (χ0) is 20.3. The molecule has 0 aromatic heterocycles. The molecule has 1 saturated carbocycles. The zero-order valence-corrected chi connectivity index (χ0v) is 16.7. The van der Waals surface area contributed by atoms with E-state index in [4.69, 9.17) is 10.5 Å². The highest BCUT2D eigenvalue weighted by molar-refractivity contribution is 5.82. The van der Waals surface area contributed by atoms with Crippen LogP contribution in [0.1, 0.15) is 57.6 Å². The molecule has 27 heavy (non-hydrogen) atoms. The molecule has 150 valence electrons. The van der Waals surface area contributed by atoms with Crippen molar-refractivity contribution < 1.29 is 19.2 Å². The van der Waals surface area contributed by atoms with Gasteiger partial charge in [0, 0.05) is 12.5 Å². The van der Waals surface area contributed by atoms with Crippen molar-refractivity contribution in [3.63, 3.8) is 0 Å². The van der Waals surface area contributed by atoms with Gasteiger partial charge in [0.1, 0.15) is 11.4 Å². The van der Waals surface area contributed by atoms with Gasteiger partial charge in [-0.15, -0.1) is 0 Å². The lowest BCUT2D eigenvalue weighted by Gasteiger charge is -2.21. The van der Waals surface area contributed by atoms with Crippen molar-refractivity contribution in [1.82, 2.24) is 5.32 Å². The molecule has 7 nitrogen and oxygen atoms in total. The number of nitrogens with two attached hydrogens (primary N) is 1. The van der Waals surface area contributed by atoms with E-state index in [1.807, 2.05) is 52.0 Å².